The minimum Gasteiger partial charge on any atom is -0.480 e. The summed E-state index contributed by atoms with van der Waals surface area (Å²) in [5.41, 5.74) is 4.36. The van der Waals surface area contributed by atoms with Crippen LogP contribution in [0.1, 0.15) is 47.5 Å². The van der Waals surface area contributed by atoms with E-state index in [4.69, 9.17) is 10.5 Å². The maximum Gasteiger partial charge on any atom is 0.411 e. The molecular weight excluding hydrogens is 356 g/mol. The van der Waals surface area contributed by atoms with Gasteiger partial charge in [0.25, 0.3) is 0 Å². The van der Waals surface area contributed by atoms with Gasteiger partial charge in [0.05, 0.1) is 6.42 Å². The van der Waals surface area contributed by atoms with E-state index < -0.39 is 34.6 Å². The normalized spacial score (nSPS) is 14.3. The van der Waals surface area contributed by atoms with Crippen molar-refractivity contribution in [2.75, 3.05) is 0 Å². The van der Waals surface area contributed by atoms with E-state index in [1.54, 1.807) is 20.8 Å². The zero-order valence-electron chi connectivity index (χ0n) is 13.6. The summed E-state index contributed by atoms with van der Waals surface area (Å²) in [6, 6.07) is -1.11. The number of hydrogen-bond acceptors (Lipinski definition) is 4. The largest absolute Gasteiger partial charge is 0.480 e. The number of carbonyl (C=O) groups is 3. The van der Waals surface area contributed by atoms with Crippen molar-refractivity contribution in [1.82, 2.24) is 4.90 Å². The molecule has 0 aliphatic rings. The van der Waals surface area contributed by atoms with Gasteiger partial charge in [0.15, 0.2) is 0 Å². The van der Waals surface area contributed by atoms with Gasteiger partial charge in [-0.3, -0.25) is 9.69 Å². The van der Waals surface area contributed by atoms with Crippen LogP contribution in [0, 0.1) is 5.92 Å². The zero-order chi connectivity index (χ0) is 17.7. The number of carbonyl (C=O) groups excluding carboxylic acids is 2. The number of nitrogens with two attached hydrogens (primary N) is 1. The van der Waals surface area contributed by atoms with Crippen LogP contribution in [0.15, 0.2) is 0 Å². The Hall–Kier alpha value is -1.31. The van der Waals surface area contributed by atoms with E-state index in [1.165, 1.54) is 0 Å². The Kier molecular flexibility index (Phi) is 7.86. The molecular formula is C14H25BrN2O5. The summed E-state index contributed by atoms with van der Waals surface area (Å²) in [5.74, 6) is -1.77. The third-order valence-corrected chi connectivity index (χ3v) is 3.36. The molecule has 3 N–H and O–H groups in total. The summed E-state index contributed by atoms with van der Waals surface area (Å²) in [7, 11) is 0. The van der Waals surface area contributed by atoms with Crippen LogP contribution in [0.3, 0.4) is 0 Å². The highest BCUT2D eigenvalue weighted by molar-refractivity contribution is 9.09. The molecule has 7 nitrogen and oxygen atoms in total. The third-order valence-electron chi connectivity index (χ3n) is 2.59. The van der Waals surface area contributed by atoms with Gasteiger partial charge in [-0.05, 0) is 33.1 Å². The molecule has 0 aliphatic carbocycles. The van der Waals surface area contributed by atoms with Crippen molar-refractivity contribution >= 4 is 33.9 Å². The maximum absolute atomic E-state index is 12.4. The molecule has 2 amide bonds. The van der Waals surface area contributed by atoms with Gasteiger partial charge in [-0.15, -0.1) is 0 Å². The number of nitrogens with zero attached hydrogens (tertiary/aromatic N) is 1. The van der Waals surface area contributed by atoms with Crippen LogP contribution >= 0.6 is 15.9 Å². The van der Waals surface area contributed by atoms with Crippen molar-refractivity contribution in [3.8, 4) is 0 Å². The average Bonchev–Trinajstić information content (AvgIpc) is 2.23. The van der Waals surface area contributed by atoms with Crippen molar-refractivity contribution < 1.29 is 24.2 Å². The molecule has 0 saturated carbocycles. The first kappa shape index (κ1) is 20.7. The van der Waals surface area contributed by atoms with E-state index >= 15 is 0 Å². The van der Waals surface area contributed by atoms with Gasteiger partial charge in [-0.25, -0.2) is 9.59 Å². The summed E-state index contributed by atoms with van der Waals surface area (Å²) in [6.07, 6.45) is -0.778. The van der Waals surface area contributed by atoms with Gasteiger partial charge in [0.2, 0.25) is 5.91 Å². The fourth-order valence-electron chi connectivity index (χ4n) is 1.80. The molecule has 22 heavy (non-hydrogen) atoms. The summed E-state index contributed by atoms with van der Waals surface area (Å²) in [6.45, 7) is 8.73. The highest BCUT2D eigenvalue weighted by Gasteiger charge is 2.37. The summed E-state index contributed by atoms with van der Waals surface area (Å²) < 4.78 is 5.26. The fraction of sp³-hybridized carbons (Fsp3) is 0.786. The van der Waals surface area contributed by atoms with Crippen molar-refractivity contribution in [3.05, 3.63) is 0 Å². The second kappa shape index (κ2) is 8.36. The van der Waals surface area contributed by atoms with E-state index in [1.807, 2.05) is 13.8 Å². The Labute approximate surface area is 139 Å². The number of aliphatic carboxylic acids is 1. The van der Waals surface area contributed by atoms with Gasteiger partial charge in [0.1, 0.15) is 16.6 Å². The van der Waals surface area contributed by atoms with E-state index in [-0.39, 0.29) is 18.8 Å². The number of carboxylic acid groups (broad SMARTS) is 1. The van der Waals surface area contributed by atoms with Crippen molar-refractivity contribution in [2.24, 2.45) is 11.7 Å². The van der Waals surface area contributed by atoms with Crippen LogP contribution in [0.25, 0.3) is 0 Å². The number of carboxylic acids is 1. The van der Waals surface area contributed by atoms with Crippen LogP contribution in [-0.4, -0.2) is 44.6 Å². The van der Waals surface area contributed by atoms with Crippen LogP contribution < -0.4 is 5.73 Å². The predicted molar refractivity (Wildman–Crippen MR) is 85.5 cm³/mol. The van der Waals surface area contributed by atoms with Gasteiger partial charge in [-0.1, -0.05) is 29.8 Å². The molecule has 0 fully saturated rings. The smallest absolute Gasteiger partial charge is 0.411 e. The minimum absolute atomic E-state index is 0.0410. The standard InChI is InChI=1S/C14H25BrN2O5/c1-8(2)6-9(12(19)20)17(10(15)7-11(16)18)13(21)22-14(3,4)5/h8-10H,6-7H2,1-5H3,(H2,16,18)(H,19,20)/t9-,10?/m0/s1. The second-order valence-corrected chi connectivity index (χ2v) is 7.53. The van der Waals surface area contributed by atoms with Gasteiger partial charge in [-0.2, -0.15) is 0 Å². The van der Waals surface area contributed by atoms with Gasteiger partial charge >= 0.3 is 12.1 Å². The number of ether oxygens (including phenoxy) is 1. The molecule has 8 heteroatoms. The van der Waals surface area contributed by atoms with Gasteiger partial charge in [0, 0.05) is 0 Å². The molecule has 0 rings (SSSR count). The Morgan fingerprint density at radius 3 is 2.09 bits per heavy atom. The molecule has 0 heterocycles. The van der Waals surface area contributed by atoms with Crippen molar-refractivity contribution in [2.45, 2.75) is 64.1 Å². The molecule has 0 spiro atoms. The molecule has 0 aliphatic heterocycles. The number of primary amides is 1. The highest BCUT2D eigenvalue weighted by atomic mass is 79.9. The lowest BCUT2D eigenvalue weighted by molar-refractivity contribution is -0.144. The Morgan fingerprint density at radius 1 is 1.27 bits per heavy atom. The first-order valence-corrected chi connectivity index (χ1v) is 7.93. The lowest BCUT2D eigenvalue weighted by Crippen LogP contribution is -2.51. The lowest BCUT2D eigenvalue weighted by atomic mass is 10.0. The summed E-state index contributed by atoms with van der Waals surface area (Å²) >= 11 is 3.17. The molecule has 1 unspecified atom stereocenters. The van der Waals surface area contributed by atoms with E-state index in [2.05, 4.69) is 15.9 Å². The molecule has 0 aromatic carbocycles. The van der Waals surface area contributed by atoms with Crippen molar-refractivity contribution in [3.63, 3.8) is 0 Å². The molecule has 0 bridgehead atoms. The van der Waals surface area contributed by atoms with E-state index in [9.17, 15) is 19.5 Å². The minimum atomic E-state index is -1.16. The average molecular weight is 381 g/mol. The predicted octanol–water partition coefficient (Wildman–Crippen LogP) is 2.32. The first-order chi connectivity index (χ1) is 9.85. The molecule has 128 valence electrons. The van der Waals surface area contributed by atoms with Crippen LogP contribution in [0.4, 0.5) is 4.79 Å². The fourth-order valence-corrected chi connectivity index (χ4v) is 2.57. The topological polar surface area (TPSA) is 110 Å². The molecule has 0 aromatic heterocycles. The summed E-state index contributed by atoms with van der Waals surface area (Å²) in [5, 5.41) is 9.44. The second-order valence-electron chi connectivity index (χ2n) is 6.48. The Balaban J connectivity index is 5.49. The third kappa shape index (κ3) is 7.63. The molecule has 0 radical (unpaired) electrons. The van der Waals surface area contributed by atoms with Crippen LogP contribution in [0.2, 0.25) is 0 Å². The first-order valence-electron chi connectivity index (χ1n) is 7.01. The van der Waals surface area contributed by atoms with Crippen molar-refractivity contribution in [1.29, 1.82) is 0 Å². The van der Waals surface area contributed by atoms with Crippen LogP contribution in [-0.2, 0) is 14.3 Å². The van der Waals surface area contributed by atoms with E-state index in [0.717, 1.165) is 4.90 Å². The van der Waals surface area contributed by atoms with Gasteiger partial charge < -0.3 is 15.6 Å². The number of alkyl halides is 1. The number of halogens is 1. The quantitative estimate of drug-likeness (QED) is 0.520. The Bertz CT molecular complexity index is 420. The highest BCUT2D eigenvalue weighted by Crippen LogP contribution is 2.23. The number of rotatable bonds is 7. The summed E-state index contributed by atoms with van der Waals surface area (Å²) in [4.78, 5) is 35.2. The molecule has 2 atom stereocenters. The SMILES string of the molecule is CC(C)C[C@@H](C(=O)O)N(C(=O)OC(C)(C)C)C(Br)CC(N)=O. The monoisotopic (exact) mass is 380 g/mol. The molecule has 0 aromatic rings. The van der Waals surface area contributed by atoms with Crippen LogP contribution in [0.5, 0.6) is 0 Å². The lowest BCUT2D eigenvalue weighted by Gasteiger charge is -2.35. The Morgan fingerprint density at radius 2 is 1.77 bits per heavy atom. The van der Waals surface area contributed by atoms with E-state index in [0.29, 0.717) is 0 Å². The zero-order valence-corrected chi connectivity index (χ0v) is 15.2. The number of amides is 2. The number of hydrogen-bond donors (Lipinski definition) is 2. The molecule has 0 saturated heterocycles. The maximum atomic E-state index is 12.4.